The first-order chi connectivity index (χ1) is 7.47. The molecule has 5 heteroatoms. The molecule has 1 aromatic carbocycles. The number of hydrogen-bond donors (Lipinski definition) is 1. The van der Waals surface area contributed by atoms with Gasteiger partial charge in [-0.25, -0.2) is 0 Å². The van der Waals surface area contributed by atoms with Gasteiger partial charge in [0.25, 0.3) is 5.91 Å². The molecule has 1 atom stereocenters. The Labute approximate surface area is 122 Å². The van der Waals surface area contributed by atoms with E-state index in [-0.39, 0.29) is 24.4 Å². The van der Waals surface area contributed by atoms with Crippen LogP contribution in [0.2, 0.25) is 0 Å². The zero-order chi connectivity index (χ0) is 12.3. The van der Waals surface area contributed by atoms with Crippen molar-refractivity contribution in [3.8, 4) is 0 Å². The maximum absolute atomic E-state index is 12.2. The molecular formula is C12H18ClIN2O. The van der Waals surface area contributed by atoms with Gasteiger partial charge >= 0.3 is 0 Å². The highest BCUT2D eigenvalue weighted by molar-refractivity contribution is 14.1. The lowest BCUT2D eigenvalue weighted by Gasteiger charge is -2.24. The van der Waals surface area contributed by atoms with Crippen molar-refractivity contribution >= 4 is 40.9 Å². The molecule has 0 saturated carbocycles. The number of benzene rings is 1. The third-order valence-electron chi connectivity index (χ3n) is 2.67. The minimum absolute atomic E-state index is 0. The first-order valence-corrected chi connectivity index (χ1v) is 6.28. The Balaban J connectivity index is 0.00000256. The van der Waals surface area contributed by atoms with Crippen LogP contribution in [0.5, 0.6) is 0 Å². The lowest BCUT2D eigenvalue weighted by Crippen LogP contribution is -2.40. The Kier molecular flexibility index (Phi) is 7.04. The molecule has 1 unspecified atom stereocenters. The normalized spacial score (nSPS) is 11.6. The van der Waals surface area contributed by atoms with Crippen molar-refractivity contribution in [2.45, 2.75) is 19.9 Å². The molecule has 1 aromatic rings. The largest absolute Gasteiger partial charge is 0.338 e. The fraction of sp³-hybridized carbons (Fsp3) is 0.417. The number of halogens is 2. The smallest absolute Gasteiger partial charge is 0.254 e. The van der Waals surface area contributed by atoms with Gasteiger partial charge in [0.05, 0.1) is 5.56 Å². The molecule has 96 valence electrons. The topological polar surface area (TPSA) is 46.3 Å². The Bertz CT molecular complexity index is 398. The molecule has 0 aliphatic heterocycles. The van der Waals surface area contributed by atoms with Gasteiger partial charge in [0.15, 0.2) is 0 Å². The number of carbonyl (C=O) groups is 1. The molecule has 0 radical (unpaired) electrons. The second-order valence-electron chi connectivity index (χ2n) is 3.98. The van der Waals surface area contributed by atoms with Crippen LogP contribution in [-0.2, 0) is 0 Å². The van der Waals surface area contributed by atoms with E-state index in [0.29, 0.717) is 6.54 Å². The molecule has 0 bridgehead atoms. The molecule has 2 N–H and O–H groups in total. The molecule has 0 aliphatic carbocycles. The van der Waals surface area contributed by atoms with Gasteiger partial charge in [-0.3, -0.25) is 4.79 Å². The van der Waals surface area contributed by atoms with Gasteiger partial charge in [-0.15, -0.1) is 12.4 Å². The first kappa shape index (κ1) is 16.7. The van der Waals surface area contributed by atoms with Gasteiger partial charge < -0.3 is 10.6 Å². The summed E-state index contributed by atoms with van der Waals surface area (Å²) in [5, 5.41) is 0. The van der Waals surface area contributed by atoms with Gasteiger partial charge in [-0.1, -0.05) is 11.6 Å². The average Bonchev–Trinajstić information content (AvgIpc) is 2.29. The highest BCUT2D eigenvalue weighted by Crippen LogP contribution is 2.16. The highest BCUT2D eigenvalue weighted by atomic mass is 127. The molecule has 0 aromatic heterocycles. The predicted molar refractivity (Wildman–Crippen MR) is 81.8 cm³/mol. The number of carbonyl (C=O) groups excluding carboxylic acids is 1. The Morgan fingerprint density at radius 3 is 2.65 bits per heavy atom. The van der Waals surface area contributed by atoms with Crippen molar-refractivity contribution < 1.29 is 4.79 Å². The van der Waals surface area contributed by atoms with E-state index in [0.717, 1.165) is 14.7 Å². The Hall–Kier alpha value is -0.330. The van der Waals surface area contributed by atoms with Gasteiger partial charge in [-0.05, 0) is 48.6 Å². The summed E-state index contributed by atoms with van der Waals surface area (Å²) < 4.78 is 0.976. The maximum atomic E-state index is 12.2. The van der Waals surface area contributed by atoms with E-state index < -0.39 is 0 Å². The van der Waals surface area contributed by atoms with Crippen molar-refractivity contribution in [2.24, 2.45) is 5.73 Å². The van der Waals surface area contributed by atoms with Crippen molar-refractivity contribution in [2.75, 3.05) is 13.6 Å². The lowest BCUT2D eigenvalue weighted by atomic mass is 10.1. The summed E-state index contributed by atoms with van der Waals surface area (Å²) in [4.78, 5) is 13.9. The molecule has 0 fully saturated rings. The summed E-state index contributed by atoms with van der Waals surface area (Å²) in [6.07, 6.45) is 0. The second-order valence-corrected chi connectivity index (χ2v) is 5.15. The number of nitrogens with two attached hydrogens (primary N) is 1. The van der Waals surface area contributed by atoms with Crippen molar-refractivity contribution in [1.82, 2.24) is 4.90 Å². The quantitative estimate of drug-likeness (QED) is 0.833. The molecule has 0 heterocycles. The van der Waals surface area contributed by atoms with Crippen LogP contribution in [0.25, 0.3) is 0 Å². The minimum atomic E-state index is 0. The van der Waals surface area contributed by atoms with Crippen LogP contribution in [0.15, 0.2) is 18.2 Å². The molecule has 1 amide bonds. The van der Waals surface area contributed by atoms with Gasteiger partial charge in [-0.2, -0.15) is 0 Å². The predicted octanol–water partition coefficient (Wildman–Crippen LogP) is 2.44. The van der Waals surface area contributed by atoms with E-state index in [1.165, 1.54) is 0 Å². The minimum Gasteiger partial charge on any atom is -0.338 e. The number of likely N-dealkylation sites (N-methyl/N-ethyl adjacent to an activating group) is 1. The van der Waals surface area contributed by atoms with Crippen LogP contribution in [0, 0.1) is 10.5 Å². The summed E-state index contributed by atoms with van der Waals surface area (Å²) in [7, 11) is 1.79. The van der Waals surface area contributed by atoms with Gasteiger partial charge in [0.2, 0.25) is 0 Å². The van der Waals surface area contributed by atoms with E-state index >= 15 is 0 Å². The van der Waals surface area contributed by atoms with E-state index in [1.54, 1.807) is 11.9 Å². The third-order valence-corrected chi connectivity index (χ3v) is 3.62. The monoisotopic (exact) mass is 368 g/mol. The first-order valence-electron chi connectivity index (χ1n) is 5.20. The van der Waals surface area contributed by atoms with E-state index in [2.05, 4.69) is 22.6 Å². The number of nitrogens with zero attached hydrogens (tertiary/aromatic N) is 1. The fourth-order valence-corrected chi connectivity index (χ4v) is 1.92. The van der Waals surface area contributed by atoms with Gasteiger partial charge in [0.1, 0.15) is 0 Å². The van der Waals surface area contributed by atoms with Crippen LogP contribution >= 0.6 is 35.0 Å². The molecule has 0 spiro atoms. The van der Waals surface area contributed by atoms with Crippen LogP contribution < -0.4 is 5.73 Å². The summed E-state index contributed by atoms with van der Waals surface area (Å²) in [6, 6.07) is 5.95. The van der Waals surface area contributed by atoms with Crippen LogP contribution in [0.3, 0.4) is 0 Å². The highest BCUT2D eigenvalue weighted by Gasteiger charge is 2.18. The van der Waals surface area contributed by atoms with E-state index in [4.69, 9.17) is 5.73 Å². The third kappa shape index (κ3) is 4.12. The molecule has 17 heavy (non-hydrogen) atoms. The average molecular weight is 369 g/mol. The zero-order valence-corrected chi connectivity index (χ0v) is 13.2. The van der Waals surface area contributed by atoms with Crippen molar-refractivity contribution in [3.63, 3.8) is 0 Å². The molecule has 1 rings (SSSR count). The van der Waals surface area contributed by atoms with Crippen LogP contribution in [0.1, 0.15) is 22.8 Å². The van der Waals surface area contributed by atoms with Crippen LogP contribution in [0.4, 0.5) is 0 Å². The second kappa shape index (κ2) is 7.18. The fourth-order valence-electron chi connectivity index (χ4n) is 1.35. The summed E-state index contributed by atoms with van der Waals surface area (Å²) >= 11 is 2.18. The van der Waals surface area contributed by atoms with E-state index in [9.17, 15) is 4.79 Å². The lowest BCUT2D eigenvalue weighted by molar-refractivity contribution is 0.0747. The maximum Gasteiger partial charge on any atom is 0.254 e. The summed E-state index contributed by atoms with van der Waals surface area (Å²) in [5.41, 5.74) is 7.41. The molecule has 3 nitrogen and oxygen atoms in total. The van der Waals surface area contributed by atoms with Crippen molar-refractivity contribution in [1.29, 1.82) is 0 Å². The van der Waals surface area contributed by atoms with E-state index in [1.807, 2.05) is 32.0 Å². The summed E-state index contributed by atoms with van der Waals surface area (Å²) in [5.74, 6) is 0.0334. The number of rotatable bonds is 3. The standard InChI is InChI=1S/C12H17IN2O.ClH/c1-8-4-5-11(13)10(6-8)12(16)15(3)9(2)7-14;/h4-6,9H,7,14H2,1-3H3;1H. The summed E-state index contributed by atoms with van der Waals surface area (Å²) in [6.45, 7) is 4.41. The van der Waals surface area contributed by atoms with Crippen molar-refractivity contribution in [3.05, 3.63) is 32.9 Å². The molecule has 0 aliphatic rings. The number of hydrogen-bond acceptors (Lipinski definition) is 2. The zero-order valence-electron chi connectivity index (χ0n) is 10.2. The Morgan fingerprint density at radius 1 is 1.53 bits per heavy atom. The SMILES string of the molecule is Cc1ccc(I)c(C(=O)N(C)C(C)CN)c1.Cl. The Morgan fingerprint density at radius 2 is 2.12 bits per heavy atom. The van der Waals surface area contributed by atoms with Crippen LogP contribution in [-0.4, -0.2) is 30.4 Å². The van der Waals surface area contributed by atoms with Gasteiger partial charge in [0, 0.05) is 23.2 Å². The number of aryl methyl sites for hydroxylation is 1. The molecular weight excluding hydrogens is 351 g/mol. The molecule has 0 saturated heterocycles. The number of amides is 1.